The summed E-state index contributed by atoms with van der Waals surface area (Å²) < 4.78 is 1.26. The molecule has 1 aromatic rings. The molecule has 1 saturated carbocycles. The van der Waals surface area contributed by atoms with Crippen LogP contribution in [0.5, 0.6) is 0 Å². The molecule has 0 spiro atoms. The number of rotatable bonds is 7. The second kappa shape index (κ2) is 6.55. The van der Waals surface area contributed by atoms with Crippen molar-refractivity contribution in [3.8, 4) is 0 Å². The van der Waals surface area contributed by atoms with Gasteiger partial charge >= 0.3 is 0 Å². The second-order valence-electron chi connectivity index (χ2n) is 5.13. The molecule has 1 atom stereocenters. The first-order valence-electron chi connectivity index (χ1n) is 6.76. The molecule has 1 aliphatic carbocycles. The fraction of sp³-hybridized carbons (Fsp3) is 0.600. The summed E-state index contributed by atoms with van der Waals surface area (Å²) in [5, 5.41) is 3.67. The topological polar surface area (TPSA) is 12.0 Å². The first-order chi connectivity index (χ1) is 8.29. The van der Waals surface area contributed by atoms with Gasteiger partial charge in [0.05, 0.1) is 0 Å². The molecule has 0 heterocycles. The summed E-state index contributed by atoms with van der Waals surface area (Å²) >= 11 is 3.65. The summed E-state index contributed by atoms with van der Waals surface area (Å²) in [6.07, 6.45) is 6.55. The van der Waals surface area contributed by atoms with Crippen LogP contribution in [0.3, 0.4) is 0 Å². The zero-order valence-electron chi connectivity index (χ0n) is 10.6. The quantitative estimate of drug-likeness (QED) is 0.796. The molecule has 0 saturated heterocycles. The van der Waals surface area contributed by atoms with Gasteiger partial charge in [0.25, 0.3) is 0 Å². The lowest BCUT2D eigenvalue weighted by atomic mass is 9.95. The Morgan fingerprint density at radius 1 is 1.35 bits per heavy atom. The van der Waals surface area contributed by atoms with Crippen molar-refractivity contribution in [3.63, 3.8) is 0 Å². The fourth-order valence-corrected chi connectivity index (χ4v) is 2.73. The third kappa shape index (κ3) is 4.44. The summed E-state index contributed by atoms with van der Waals surface area (Å²) in [4.78, 5) is 0. The Kier molecular flexibility index (Phi) is 5.05. The average molecular weight is 296 g/mol. The first kappa shape index (κ1) is 13.1. The predicted molar refractivity (Wildman–Crippen MR) is 77.3 cm³/mol. The number of halogens is 1. The summed E-state index contributed by atoms with van der Waals surface area (Å²) in [7, 11) is 0. The van der Waals surface area contributed by atoms with E-state index in [-0.39, 0.29) is 0 Å². The molecule has 1 N–H and O–H groups in total. The van der Waals surface area contributed by atoms with Gasteiger partial charge in [-0.3, -0.25) is 0 Å². The van der Waals surface area contributed by atoms with E-state index in [9.17, 15) is 0 Å². The number of nitrogens with one attached hydrogen (secondary N) is 1. The van der Waals surface area contributed by atoms with Crippen molar-refractivity contribution in [1.29, 1.82) is 0 Å². The van der Waals surface area contributed by atoms with Gasteiger partial charge in [0, 0.05) is 10.5 Å². The van der Waals surface area contributed by atoms with Crippen LogP contribution < -0.4 is 5.32 Å². The Hall–Kier alpha value is -0.340. The highest BCUT2D eigenvalue weighted by Gasteiger charge is 2.21. The smallest absolute Gasteiger partial charge is 0.0207 e. The zero-order chi connectivity index (χ0) is 12.1. The van der Waals surface area contributed by atoms with Gasteiger partial charge < -0.3 is 5.32 Å². The van der Waals surface area contributed by atoms with Crippen LogP contribution in [0.25, 0.3) is 0 Å². The summed E-state index contributed by atoms with van der Waals surface area (Å²) in [5.41, 5.74) is 1.45. The minimum Gasteiger partial charge on any atom is -0.314 e. The van der Waals surface area contributed by atoms with Crippen LogP contribution in [0, 0.1) is 5.92 Å². The van der Waals surface area contributed by atoms with E-state index in [1.165, 1.54) is 48.7 Å². The summed E-state index contributed by atoms with van der Waals surface area (Å²) in [6.45, 7) is 3.46. The summed E-state index contributed by atoms with van der Waals surface area (Å²) in [6, 6.07) is 9.44. The van der Waals surface area contributed by atoms with Crippen molar-refractivity contribution in [2.45, 2.75) is 45.1 Å². The van der Waals surface area contributed by atoms with Crippen LogP contribution in [-0.2, 0) is 6.42 Å². The SMILES string of the molecule is CCCC(CNC1CC1)Cc1ccccc1Br. The largest absolute Gasteiger partial charge is 0.314 e. The molecule has 1 aromatic carbocycles. The molecule has 0 aliphatic heterocycles. The number of benzene rings is 1. The Labute approximate surface area is 113 Å². The number of hydrogen-bond donors (Lipinski definition) is 1. The van der Waals surface area contributed by atoms with Crippen molar-refractivity contribution in [2.75, 3.05) is 6.54 Å². The van der Waals surface area contributed by atoms with E-state index in [4.69, 9.17) is 0 Å². The Morgan fingerprint density at radius 3 is 2.76 bits per heavy atom. The van der Waals surface area contributed by atoms with Gasteiger partial charge in [-0.15, -0.1) is 0 Å². The lowest BCUT2D eigenvalue weighted by molar-refractivity contribution is 0.437. The van der Waals surface area contributed by atoms with E-state index >= 15 is 0 Å². The van der Waals surface area contributed by atoms with Gasteiger partial charge in [-0.05, 0) is 49.8 Å². The van der Waals surface area contributed by atoms with Gasteiger partial charge in [-0.1, -0.05) is 47.5 Å². The molecule has 1 unspecified atom stereocenters. The zero-order valence-corrected chi connectivity index (χ0v) is 12.2. The molecule has 0 bridgehead atoms. The van der Waals surface area contributed by atoms with Crippen molar-refractivity contribution >= 4 is 15.9 Å². The lowest BCUT2D eigenvalue weighted by Gasteiger charge is -2.17. The normalized spacial score (nSPS) is 17.1. The molecular weight excluding hydrogens is 274 g/mol. The molecule has 0 aromatic heterocycles. The standard InChI is InChI=1S/C15H22BrN/c1-2-5-12(11-17-14-8-9-14)10-13-6-3-4-7-15(13)16/h3-4,6-7,12,14,17H,2,5,8-11H2,1H3. The van der Waals surface area contributed by atoms with E-state index in [2.05, 4.69) is 52.4 Å². The van der Waals surface area contributed by atoms with E-state index in [0.717, 1.165) is 12.0 Å². The monoisotopic (exact) mass is 295 g/mol. The highest BCUT2D eigenvalue weighted by molar-refractivity contribution is 9.10. The molecule has 1 nitrogen and oxygen atoms in total. The molecule has 2 heteroatoms. The van der Waals surface area contributed by atoms with Crippen LogP contribution in [0.2, 0.25) is 0 Å². The van der Waals surface area contributed by atoms with Crippen LogP contribution in [0.1, 0.15) is 38.2 Å². The van der Waals surface area contributed by atoms with Crippen molar-refractivity contribution in [1.82, 2.24) is 5.32 Å². The lowest BCUT2D eigenvalue weighted by Crippen LogP contribution is -2.26. The maximum Gasteiger partial charge on any atom is 0.0207 e. The number of hydrogen-bond acceptors (Lipinski definition) is 1. The highest BCUT2D eigenvalue weighted by atomic mass is 79.9. The Bertz CT molecular complexity index is 347. The van der Waals surface area contributed by atoms with Crippen LogP contribution in [0.4, 0.5) is 0 Å². The van der Waals surface area contributed by atoms with Crippen molar-refractivity contribution < 1.29 is 0 Å². The molecule has 17 heavy (non-hydrogen) atoms. The minimum absolute atomic E-state index is 0.777. The van der Waals surface area contributed by atoms with E-state index in [0.29, 0.717) is 0 Å². The molecule has 94 valence electrons. The minimum atomic E-state index is 0.777. The van der Waals surface area contributed by atoms with Crippen LogP contribution in [-0.4, -0.2) is 12.6 Å². The van der Waals surface area contributed by atoms with E-state index in [1.54, 1.807) is 0 Å². The first-order valence-corrected chi connectivity index (χ1v) is 7.55. The second-order valence-corrected chi connectivity index (χ2v) is 5.99. The van der Waals surface area contributed by atoms with Gasteiger partial charge in [-0.2, -0.15) is 0 Å². The molecular formula is C15H22BrN. The maximum atomic E-state index is 3.67. The van der Waals surface area contributed by atoms with Crippen LogP contribution >= 0.6 is 15.9 Å². The highest BCUT2D eigenvalue weighted by Crippen LogP contribution is 2.23. The predicted octanol–water partition coefficient (Wildman–Crippen LogP) is 4.16. The Morgan fingerprint density at radius 2 is 2.12 bits per heavy atom. The van der Waals surface area contributed by atoms with Gasteiger partial charge in [0.15, 0.2) is 0 Å². The van der Waals surface area contributed by atoms with Crippen molar-refractivity contribution in [2.24, 2.45) is 5.92 Å². The van der Waals surface area contributed by atoms with Gasteiger partial charge in [-0.25, -0.2) is 0 Å². The molecule has 0 radical (unpaired) electrons. The molecule has 2 rings (SSSR count). The molecule has 1 fully saturated rings. The Balaban J connectivity index is 1.88. The van der Waals surface area contributed by atoms with Crippen LogP contribution in [0.15, 0.2) is 28.7 Å². The van der Waals surface area contributed by atoms with Crippen molar-refractivity contribution in [3.05, 3.63) is 34.3 Å². The maximum absolute atomic E-state index is 3.67. The van der Waals surface area contributed by atoms with E-state index < -0.39 is 0 Å². The third-order valence-corrected chi connectivity index (χ3v) is 4.21. The van der Waals surface area contributed by atoms with Gasteiger partial charge in [0.2, 0.25) is 0 Å². The van der Waals surface area contributed by atoms with Gasteiger partial charge in [0.1, 0.15) is 0 Å². The molecule has 1 aliphatic rings. The summed E-state index contributed by atoms with van der Waals surface area (Å²) in [5.74, 6) is 0.777. The fourth-order valence-electron chi connectivity index (χ4n) is 2.28. The third-order valence-electron chi connectivity index (χ3n) is 3.44. The molecule has 0 amide bonds. The van der Waals surface area contributed by atoms with E-state index in [1.807, 2.05) is 0 Å². The average Bonchev–Trinajstić information content (AvgIpc) is 3.13.